The van der Waals surface area contributed by atoms with Crippen molar-refractivity contribution in [2.75, 3.05) is 20.3 Å². The number of methoxy groups -OCH3 is 1. The first-order valence-electron chi connectivity index (χ1n) is 4.94. The Balaban J connectivity index is 3.24. The molecule has 2 unspecified atom stereocenters. The van der Waals surface area contributed by atoms with Crippen LogP contribution in [0.4, 0.5) is 0 Å². The quantitative estimate of drug-likeness (QED) is 0.595. The van der Waals surface area contributed by atoms with Gasteiger partial charge in [-0.05, 0) is 25.8 Å². The van der Waals surface area contributed by atoms with Crippen LogP contribution in [-0.2, 0) is 4.74 Å². The minimum atomic E-state index is 0.631. The summed E-state index contributed by atoms with van der Waals surface area (Å²) in [6.45, 7) is 8.70. The van der Waals surface area contributed by atoms with Crippen LogP contribution in [-0.4, -0.2) is 26.3 Å². The highest BCUT2D eigenvalue weighted by atomic mass is 16.5. The van der Waals surface area contributed by atoms with Crippen molar-refractivity contribution in [1.82, 2.24) is 5.32 Å². The van der Waals surface area contributed by atoms with Crippen molar-refractivity contribution >= 4 is 0 Å². The zero-order valence-corrected chi connectivity index (χ0v) is 8.89. The van der Waals surface area contributed by atoms with E-state index in [4.69, 9.17) is 4.74 Å². The molecule has 0 heterocycles. The molecule has 1 N–H and O–H groups in total. The zero-order valence-electron chi connectivity index (χ0n) is 8.89. The van der Waals surface area contributed by atoms with Crippen LogP contribution in [0.3, 0.4) is 0 Å². The standard InChI is InChI=1S/C10H23NO/c1-5-9(2)10(3)11-7-6-8-12-4/h9-11H,5-8H2,1-4H3. The lowest BCUT2D eigenvalue weighted by molar-refractivity contribution is 0.192. The second kappa shape index (κ2) is 7.56. The molecule has 74 valence electrons. The van der Waals surface area contributed by atoms with E-state index < -0.39 is 0 Å². The van der Waals surface area contributed by atoms with Gasteiger partial charge in [-0.2, -0.15) is 0 Å². The molecule has 0 bridgehead atoms. The fourth-order valence-electron chi connectivity index (χ4n) is 1.10. The van der Waals surface area contributed by atoms with Gasteiger partial charge in [0.05, 0.1) is 0 Å². The normalized spacial score (nSPS) is 16.0. The highest BCUT2D eigenvalue weighted by molar-refractivity contribution is 4.66. The second-order valence-electron chi connectivity index (χ2n) is 3.47. The van der Waals surface area contributed by atoms with Gasteiger partial charge in [-0.15, -0.1) is 0 Å². The summed E-state index contributed by atoms with van der Waals surface area (Å²) in [6.07, 6.45) is 2.36. The third-order valence-corrected chi connectivity index (χ3v) is 2.49. The molecular formula is C10H23NO. The second-order valence-corrected chi connectivity index (χ2v) is 3.47. The summed E-state index contributed by atoms with van der Waals surface area (Å²) in [7, 11) is 1.75. The van der Waals surface area contributed by atoms with Gasteiger partial charge in [0.2, 0.25) is 0 Å². The first kappa shape index (κ1) is 11.9. The Morgan fingerprint density at radius 1 is 1.33 bits per heavy atom. The van der Waals surface area contributed by atoms with Crippen LogP contribution in [0.2, 0.25) is 0 Å². The van der Waals surface area contributed by atoms with E-state index in [1.54, 1.807) is 7.11 Å². The molecule has 0 saturated heterocycles. The summed E-state index contributed by atoms with van der Waals surface area (Å²) >= 11 is 0. The molecule has 0 aliphatic heterocycles. The Morgan fingerprint density at radius 2 is 2.00 bits per heavy atom. The number of hydrogen-bond acceptors (Lipinski definition) is 2. The van der Waals surface area contributed by atoms with Crippen molar-refractivity contribution in [2.24, 2.45) is 5.92 Å². The Bertz CT molecular complexity index is 95.8. The Kier molecular flexibility index (Phi) is 7.51. The smallest absolute Gasteiger partial charge is 0.0474 e. The van der Waals surface area contributed by atoms with E-state index in [-0.39, 0.29) is 0 Å². The van der Waals surface area contributed by atoms with Gasteiger partial charge in [-0.1, -0.05) is 20.3 Å². The monoisotopic (exact) mass is 173 g/mol. The fraction of sp³-hybridized carbons (Fsp3) is 1.00. The summed E-state index contributed by atoms with van der Waals surface area (Å²) in [6, 6.07) is 0.631. The van der Waals surface area contributed by atoms with Gasteiger partial charge in [-0.3, -0.25) is 0 Å². The molecule has 0 aromatic heterocycles. The Morgan fingerprint density at radius 3 is 2.50 bits per heavy atom. The molecule has 2 atom stereocenters. The summed E-state index contributed by atoms with van der Waals surface area (Å²) < 4.78 is 4.97. The van der Waals surface area contributed by atoms with E-state index in [0.29, 0.717) is 6.04 Å². The molecule has 0 spiro atoms. The average Bonchev–Trinajstić information content (AvgIpc) is 2.10. The largest absolute Gasteiger partial charge is 0.385 e. The lowest BCUT2D eigenvalue weighted by Gasteiger charge is -2.19. The summed E-state index contributed by atoms with van der Waals surface area (Å²) in [5, 5.41) is 3.49. The first-order valence-corrected chi connectivity index (χ1v) is 4.94. The van der Waals surface area contributed by atoms with E-state index in [0.717, 1.165) is 25.5 Å². The molecule has 0 rings (SSSR count). The molecule has 0 aromatic carbocycles. The molecule has 2 heteroatoms. The number of hydrogen-bond donors (Lipinski definition) is 1. The highest BCUT2D eigenvalue weighted by Gasteiger charge is 2.07. The minimum Gasteiger partial charge on any atom is -0.385 e. The fourth-order valence-corrected chi connectivity index (χ4v) is 1.10. The molecule has 0 fully saturated rings. The molecule has 2 nitrogen and oxygen atoms in total. The van der Waals surface area contributed by atoms with Crippen LogP contribution in [0, 0.1) is 5.92 Å². The molecule has 0 radical (unpaired) electrons. The Labute approximate surface area is 76.7 Å². The van der Waals surface area contributed by atoms with Gasteiger partial charge in [0.25, 0.3) is 0 Å². The lowest BCUT2D eigenvalue weighted by Crippen LogP contribution is -2.32. The summed E-state index contributed by atoms with van der Waals surface area (Å²) in [5.74, 6) is 0.771. The van der Waals surface area contributed by atoms with Crippen LogP contribution in [0.1, 0.15) is 33.6 Å². The Hall–Kier alpha value is -0.0800. The number of ether oxygens (including phenoxy) is 1. The van der Waals surface area contributed by atoms with E-state index in [9.17, 15) is 0 Å². The average molecular weight is 173 g/mol. The van der Waals surface area contributed by atoms with Crippen molar-refractivity contribution in [2.45, 2.75) is 39.7 Å². The summed E-state index contributed by atoms with van der Waals surface area (Å²) in [5.41, 5.74) is 0. The molecular weight excluding hydrogens is 150 g/mol. The summed E-state index contributed by atoms with van der Waals surface area (Å²) in [4.78, 5) is 0. The lowest BCUT2D eigenvalue weighted by atomic mass is 10.0. The topological polar surface area (TPSA) is 21.3 Å². The maximum absolute atomic E-state index is 4.97. The van der Waals surface area contributed by atoms with Gasteiger partial charge in [0.15, 0.2) is 0 Å². The van der Waals surface area contributed by atoms with Crippen molar-refractivity contribution in [3.8, 4) is 0 Å². The van der Waals surface area contributed by atoms with Gasteiger partial charge in [-0.25, -0.2) is 0 Å². The van der Waals surface area contributed by atoms with Crippen molar-refractivity contribution in [3.05, 3.63) is 0 Å². The van der Waals surface area contributed by atoms with Crippen LogP contribution in [0.15, 0.2) is 0 Å². The maximum Gasteiger partial charge on any atom is 0.0474 e. The third-order valence-electron chi connectivity index (χ3n) is 2.49. The molecule has 0 aliphatic carbocycles. The predicted octanol–water partition coefficient (Wildman–Crippen LogP) is 2.05. The maximum atomic E-state index is 4.97. The van der Waals surface area contributed by atoms with Gasteiger partial charge in [0, 0.05) is 19.8 Å². The highest BCUT2D eigenvalue weighted by Crippen LogP contribution is 2.05. The van der Waals surface area contributed by atoms with Crippen LogP contribution < -0.4 is 5.32 Å². The third kappa shape index (κ3) is 5.56. The van der Waals surface area contributed by atoms with E-state index in [2.05, 4.69) is 26.1 Å². The van der Waals surface area contributed by atoms with Crippen molar-refractivity contribution in [3.63, 3.8) is 0 Å². The van der Waals surface area contributed by atoms with Gasteiger partial charge in [0.1, 0.15) is 0 Å². The van der Waals surface area contributed by atoms with E-state index in [1.165, 1.54) is 6.42 Å². The van der Waals surface area contributed by atoms with E-state index >= 15 is 0 Å². The van der Waals surface area contributed by atoms with Crippen LogP contribution in [0.25, 0.3) is 0 Å². The molecule has 0 aromatic rings. The van der Waals surface area contributed by atoms with Crippen molar-refractivity contribution < 1.29 is 4.74 Å². The number of nitrogens with one attached hydrogen (secondary N) is 1. The zero-order chi connectivity index (χ0) is 9.40. The van der Waals surface area contributed by atoms with Crippen LogP contribution in [0.5, 0.6) is 0 Å². The number of rotatable bonds is 7. The van der Waals surface area contributed by atoms with Crippen LogP contribution >= 0.6 is 0 Å². The predicted molar refractivity (Wildman–Crippen MR) is 53.4 cm³/mol. The SMILES string of the molecule is CCC(C)C(C)NCCCOC. The molecule has 0 aliphatic rings. The molecule has 0 saturated carbocycles. The van der Waals surface area contributed by atoms with Crippen molar-refractivity contribution in [1.29, 1.82) is 0 Å². The van der Waals surface area contributed by atoms with Gasteiger partial charge >= 0.3 is 0 Å². The first-order chi connectivity index (χ1) is 5.72. The minimum absolute atomic E-state index is 0.631. The molecule has 12 heavy (non-hydrogen) atoms. The van der Waals surface area contributed by atoms with E-state index in [1.807, 2.05) is 0 Å². The molecule has 0 amide bonds. The van der Waals surface area contributed by atoms with Gasteiger partial charge < -0.3 is 10.1 Å².